The first-order valence-electron chi connectivity index (χ1n) is 6.75. The van der Waals surface area contributed by atoms with Gasteiger partial charge >= 0.3 is 0 Å². The standard InChI is InChI=1S/C13H22N4O/c1-3-5-14-12-8-13(16-10-15-12)17-6-7-18-9-11(17)4-2/h8,10-11H,3-7,9H2,1-2H3,(H,14,15,16). The minimum Gasteiger partial charge on any atom is -0.377 e. The average Bonchev–Trinajstić information content (AvgIpc) is 2.45. The van der Waals surface area contributed by atoms with Gasteiger partial charge in [0.1, 0.15) is 18.0 Å². The molecule has 1 N–H and O–H groups in total. The highest BCUT2D eigenvalue weighted by Crippen LogP contribution is 2.20. The van der Waals surface area contributed by atoms with Crippen LogP contribution in [-0.4, -0.2) is 42.3 Å². The minimum absolute atomic E-state index is 0.424. The van der Waals surface area contributed by atoms with Crippen LogP contribution in [0, 0.1) is 0 Å². The van der Waals surface area contributed by atoms with Gasteiger partial charge in [-0.25, -0.2) is 9.97 Å². The van der Waals surface area contributed by atoms with Crippen molar-refractivity contribution in [3.8, 4) is 0 Å². The van der Waals surface area contributed by atoms with Crippen LogP contribution in [-0.2, 0) is 4.74 Å². The molecule has 5 nitrogen and oxygen atoms in total. The number of ether oxygens (including phenoxy) is 1. The van der Waals surface area contributed by atoms with Gasteiger partial charge in [0.15, 0.2) is 0 Å². The van der Waals surface area contributed by atoms with Gasteiger partial charge in [0, 0.05) is 19.2 Å². The molecule has 0 spiro atoms. The lowest BCUT2D eigenvalue weighted by Gasteiger charge is -2.36. The molecular weight excluding hydrogens is 228 g/mol. The molecule has 1 fully saturated rings. The molecule has 0 bridgehead atoms. The van der Waals surface area contributed by atoms with E-state index in [2.05, 4.69) is 34.0 Å². The Morgan fingerprint density at radius 3 is 3.11 bits per heavy atom. The van der Waals surface area contributed by atoms with Gasteiger partial charge in [-0.05, 0) is 12.8 Å². The molecule has 1 aromatic rings. The van der Waals surface area contributed by atoms with Crippen LogP contribution in [0.5, 0.6) is 0 Å². The van der Waals surface area contributed by atoms with Crippen molar-refractivity contribution in [1.82, 2.24) is 9.97 Å². The molecule has 0 radical (unpaired) electrons. The van der Waals surface area contributed by atoms with Crippen molar-refractivity contribution in [2.45, 2.75) is 32.7 Å². The monoisotopic (exact) mass is 250 g/mol. The first-order valence-corrected chi connectivity index (χ1v) is 6.75. The first-order chi connectivity index (χ1) is 8.85. The van der Waals surface area contributed by atoms with Crippen molar-refractivity contribution in [2.75, 3.05) is 36.5 Å². The Bertz CT molecular complexity index is 372. The van der Waals surface area contributed by atoms with Crippen LogP contribution in [0.3, 0.4) is 0 Å². The predicted octanol–water partition coefficient (Wildman–Crippen LogP) is 1.91. The third-order valence-electron chi connectivity index (χ3n) is 3.20. The van der Waals surface area contributed by atoms with E-state index in [1.54, 1.807) is 6.33 Å². The summed E-state index contributed by atoms with van der Waals surface area (Å²) in [5, 5.41) is 3.30. The molecule has 1 atom stereocenters. The number of nitrogens with one attached hydrogen (secondary N) is 1. The van der Waals surface area contributed by atoms with Gasteiger partial charge in [0.25, 0.3) is 0 Å². The predicted molar refractivity (Wildman–Crippen MR) is 73.1 cm³/mol. The van der Waals surface area contributed by atoms with E-state index in [-0.39, 0.29) is 0 Å². The van der Waals surface area contributed by atoms with Crippen molar-refractivity contribution in [3.05, 3.63) is 12.4 Å². The molecule has 5 heteroatoms. The molecule has 0 amide bonds. The maximum atomic E-state index is 5.52. The van der Waals surface area contributed by atoms with Crippen molar-refractivity contribution in [3.63, 3.8) is 0 Å². The highest BCUT2D eigenvalue weighted by Gasteiger charge is 2.22. The Labute approximate surface area is 109 Å². The van der Waals surface area contributed by atoms with Gasteiger partial charge in [-0.3, -0.25) is 0 Å². The molecule has 1 aromatic heterocycles. The molecule has 18 heavy (non-hydrogen) atoms. The topological polar surface area (TPSA) is 50.3 Å². The Hall–Kier alpha value is -1.36. The van der Waals surface area contributed by atoms with E-state index in [4.69, 9.17) is 4.74 Å². The Balaban J connectivity index is 2.10. The normalized spacial score (nSPS) is 19.9. The molecule has 0 aliphatic carbocycles. The summed E-state index contributed by atoms with van der Waals surface area (Å²) in [5.74, 6) is 1.90. The van der Waals surface area contributed by atoms with Gasteiger partial charge in [-0.15, -0.1) is 0 Å². The summed E-state index contributed by atoms with van der Waals surface area (Å²) in [4.78, 5) is 11.0. The summed E-state index contributed by atoms with van der Waals surface area (Å²) >= 11 is 0. The average molecular weight is 250 g/mol. The number of hydrogen-bond donors (Lipinski definition) is 1. The molecule has 100 valence electrons. The fourth-order valence-electron chi connectivity index (χ4n) is 2.15. The first kappa shape index (κ1) is 13.1. The van der Waals surface area contributed by atoms with Crippen molar-refractivity contribution < 1.29 is 4.74 Å². The Morgan fingerprint density at radius 2 is 2.33 bits per heavy atom. The van der Waals surface area contributed by atoms with Crippen molar-refractivity contribution >= 4 is 11.6 Å². The zero-order chi connectivity index (χ0) is 12.8. The van der Waals surface area contributed by atoms with Crippen LogP contribution >= 0.6 is 0 Å². The van der Waals surface area contributed by atoms with Gasteiger partial charge in [0.05, 0.1) is 19.3 Å². The highest BCUT2D eigenvalue weighted by atomic mass is 16.5. The number of nitrogens with zero attached hydrogens (tertiary/aromatic N) is 3. The minimum atomic E-state index is 0.424. The summed E-state index contributed by atoms with van der Waals surface area (Å²) < 4.78 is 5.52. The lowest BCUT2D eigenvalue weighted by Crippen LogP contribution is -2.45. The summed E-state index contributed by atoms with van der Waals surface area (Å²) in [6.07, 6.45) is 3.80. The number of aromatic nitrogens is 2. The molecule has 2 heterocycles. The van der Waals surface area contributed by atoms with E-state index in [1.807, 2.05) is 6.07 Å². The van der Waals surface area contributed by atoms with Crippen LogP contribution in [0.1, 0.15) is 26.7 Å². The van der Waals surface area contributed by atoms with E-state index in [1.165, 1.54) is 0 Å². The third kappa shape index (κ3) is 3.10. The summed E-state index contributed by atoms with van der Waals surface area (Å²) in [5.41, 5.74) is 0. The van der Waals surface area contributed by atoms with E-state index >= 15 is 0 Å². The number of rotatable bonds is 5. The second-order valence-corrected chi connectivity index (χ2v) is 4.52. The maximum absolute atomic E-state index is 5.52. The summed E-state index contributed by atoms with van der Waals surface area (Å²) in [7, 11) is 0. The lowest BCUT2D eigenvalue weighted by atomic mass is 10.2. The van der Waals surface area contributed by atoms with Crippen molar-refractivity contribution in [2.24, 2.45) is 0 Å². The van der Waals surface area contributed by atoms with Crippen LogP contribution in [0.25, 0.3) is 0 Å². The van der Waals surface area contributed by atoms with E-state index < -0.39 is 0 Å². The summed E-state index contributed by atoms with van der Waals surface area (Å²) in [6, 6.07) is 2.46. The number of hydrogen-bond acceptors (Lipinski definition) is 5. The molecule has 0 aromatic carbocycles. The molecule has 1 unspecified atom stereocenters. The number of morpholine rings is 1. The Kier molecular flexibility index (Phi) is 4.75. The van der Waals surface area contributed by atoms with Crippen LogP contribution in [0.15, 0.2) is 12.4 Å². The van der Waals surface area contributed by atoms with E-state index in [9.17, 15) is 0 Å². The molecule has 1 aliphatic rings. The van der Waals surface area contributed by atoms with Gasteiger partial charge in [-0.1, -0.05) is 13.8 Å². The van der Waals surface area contributed by atoms with Gasteiger partial charge in [0.2, 0.25) is 0 Å². The van der Waals surface area contributed by atoms with Crippen LogP contribution < -0.4 is 10.2 Å². The second-order valence-electron chi connectivity index (χ2n) is 4.52. The van der Waals surface area contributed by atoms with Crippen LogP contribution in [0.2, 0.25) is 0 Å². The largest absolute Gasteiger partial charge is 0.377 e. The van der Waals surface area contributed by atoms with Crippen molar-refractivity contribution in [1.29, 1.82) is 0 Å². The maximum Gasteiger partial charge on any atom is 0.134 e. The lowest BCUT2D eigenvalue weighted by molar-refractivity contribution is 0.0925. The van der Waals surface area contributed by atoms with E-state index in [0.717, 1.165) is 50.8 Å². The molecule has 0 saturated carbocycles. The second kappa shape index (κ2) is 6.54. The smallest absolute Gasteiger partial charge is 0.134 e. The SMILES string of the molecule is CCCNc1cc(N2CCOCC2CC)ncn1. The fourth-order valence-corrected chi connectivity index (χ4v) is 2.15. The van der Waals surface area contributed by atoms with Gasteiger partial charge in [-0.2, -0.15) is 0 Å². The number of anilines is 2. The molecule has 1 saturated heterocycles. The quantitative estimate of drug-likeness (QED) is 0.865. The zero-order valence-corrected chi connectivity index (χ0v) is 11.2. The molecular formula is C13H22N4O. The van der Waals surface area contributed by atoms with E-state index in [0.29, 0.717) is 6.04 Å². The third-order valence-corrected chi connectivity index (χ3v) is 3.20. The van der Waals surface area contributed by atoms with Crippen LogP contribution in [0.4, 0.5) is 11.6 Å². The molecule has 1 aliphatic heterocycles. The molecule has 2 rings (SSSR count). The zero-order valence-electron chi connectivity index (χ0n) is 11.2. The van der Waals surface area contributed by atoms with Gasteiger partial charge < -0.3 is 15.0 Å². The Morgan fingerprint density at radius 1 is 1.44 bits per heavy atom. The summed E-state index contributed by atoms with van der Waals surface area (Å²) in [6.45, 7) is 7.74. The highest BCUT2D eigenvalue weighted by molar-refractivity contribution is 5.49. The fraction of sp³-hybridized carbons (Fsp3) is 0.692.